The van der Waals surface area contributed by atoms with E-state index < -0.39 is 0 Å². The van der Waals surface area contributed by atoms with Crippen LogP contribution in [0.5, 0.6) is 0 Å². The number of nitrogens with zero attached hydrogens (tertiary/aromatic N) is 4. The van der Waals surface area contributed by atoms with Crippen molar-refractivity contribution < 1.29 is 4.79 Å². The molecule has 134 valence electrons. The molecule has 9 heteroatoms. The normalized spacial score (nSPS) is 10.8. The molecule has 0 fully saturated rings. The maximum absolute atomic E-state index is 12.2. The minimum atomic E-state index is -0.250. The van der Waals surface area contributed by atoms with Gasteiger partial charge in [-0.2, -0.15) is 4.68 Å². The van der Waals surface area contributed by atoms with Gasteiger partial charge in [0.05, 0.1) is 27.2 Å². The Balaban J connectivity index is 1.70. The maximum atomic E-state index is 12.2. The van der Waals surface area contributed by atoms with Gasteiger partial charge in [-0.15, -0.1) is 5.10 Å². The zero-order valence-corrected chi connectivity index (χ0v) is 16.4. The molecule has 26 heavy (non-hydrogen) atoms. The van der Waals surface area contributed by atoms with E-state index in [1.54, 1.807) is 22.9 Å². The van der Waals surface area contributed by atoms with Gasteiger partial charge in [0.2, 0.25) is 11.1 Å². The van der Waals surface area contributed by atoms with Gasteiger partial charge < -0.3 is 5.32 Å². The molecule has 1 aromatic heterocycles. The monoisotopic (exact) mass is 407 g/mol. The predicted molar refractivity (Wildman–Crippen MR) is 104 cm³/mol. The summed E-state index contributed by atoms with van der Waals surface area (Å²) in [6, 6.07) is 11.0. The number of benzene rings is 2. The maximum Gasteiger partial charge on any atom is 0.234 e. The number of thioether (sulfide) groups is 1. The van der Waals surface area contributed by atoms with Crippen molar-refractivity contribution in [2.24, 2.45) is 0 Å². The topological polar surface area (TPSA) is 72.7 Å². The molecule has 0 aliphatic carbocycles. The smallest absolute Gasteiger partial charge is 0.234 e. The number of hydrogen-bond acceptors (Lipinski definition) is 5. The molecule has 3 rings (SSSR count). The lowest BCUT2D eigenvalue weighted by Crippen LogP contribution is -2.15. The van der Waals surface area contributed by atoms with Gasteiger partial charge in [-0.05, 0) is 59.7 Å². The molecule has 1 amide bonds. The summed E-state index contributed by atoms with van der Waals surface area (Å²) in [4.78, 5) is 12.2. The van der Waals surface area contributed by atoms with Gasteiger partial charge in [0.1, 0.15) is 0 Å². The number of para-hydroxylation sites is 1. The quantitative estimate of drug-likeness (QED) is 0.637. The number of aryl methyl sites for hydroxylation is 2. The first kappa shape index (κ1) is 18.7. The fourth-order valence-electron chi connectivity index (χ4n) is 2.21. The molecular weight excluding hydrogens is 393 g/mol. The average Bonchev–Trinajstić information content (AvgIpc) is 3.07. The molecule has 0 bridgehead atoms. The van der Waals surface area contributed by atoms with Crippen LogP contribution < -0.4 is 5.32 Å². The van der Waals surface area contributed by atoms with Gasteiger partial charge in [0.15, 0.2) is 0 Å². The van der Waals surface area contributed by atoms with Crippen molar-refractivity contribution in [3.63, 3.8) is 0 Å². The average molecular weight is 408 g/mol. The second-order valence-electron chi connectivity index (χ2n) is 5.58. The third-order valence-corrected chi connectivity index (χ3v) is 5.28. The highest BCUT2D eigenvalue weighted by atomic mass is 35.5. The molecule has 2 aromatic carbocycles. The van der Waals surface area contributed by atoms with Crippen LogP contribution in [0.1, 0.15) is 11.1 Å². The van der Waals surface area contributed by atoms with Crippen LogP contribution >= 0.6 is 35.0 Å². The van der Waals surface area contributed by atoms with Crippen molar-refractivity contribution in [2.75, 3.05) is 11.1 Å². The predicted octanol–water partition coefficient (Wildman–Crippen LogP) is 4.32. The third kappa shape index (κ3) is 4.17. The van der Waals surface area contributed by atoms with Crippen LogP contribution in [0.4, 0.5) is 5.69 Å². The number of tetrazole rings is 1. The Kier molecular flexibility index (Phi) is 5.80. The number of aromatic nitrogens is 4. The summed E-state index contributed by atoms with van der Waals surface area (Å²) in [5.74, 6) is -0.133. The lowest BCUT2D eigenvalue weighted by atomic mass is 10.1. The summed E-state index contributed by atoms with van der Waals surface area (Å²) in [7, 11) is 0. The number of halogens is 2. The number of carbonyl (C=O) groups is 1. The van der Waals surface area contributed by atoms with Crippen molar-refractivity contribution in [1.29, 1.82) is 0 Å². The number of rotatable bonds is 5. The van der Waals surface area contributed by atoms with Crippen LogP contribution in [-0.4, -0.2) is 31.9 Å². The van der Waals surface area contributed by atoms with Crippen molar-refractivity contribution in [3.05, 3.63) is 57.6 Å². The van der Waals surface area contributed by atoms with Crippen molar-refractivity contribution >= 4 is 46.6 Å². The van der Waals surface area contributed by atoms with Gasteiger partial charge in [-0.3, -0.25) is 4.79 Å². The fraction of sp³-hybridized carbons (Fsp3) is 0.176. The van der Waals surface area contributed by atoms with Crippen molar-refractivity contribution in [2.45, 2.75) is 19.0 Å². The molecule has 0 atom stereocenters. The summed E-state index contributed by atoms with van der Waals surface area (Å²) < 4.78 is 1.60. The number of hydrogen-bond donors (Lipinski definition) is 1. The molecule has 0 saturated carbocycles. The fourth-order valence-corrected chi connectivity index (χ4v) is 3.39. The summed E-state index contributed by atoms with van der Waals surface area (Å²) in [5, 5.41) is 15.7. The highest BCUT2D eigenvalue weighted by Gasteiger charge is 2.14. The molecule has 0 aliphatic heterocycles. The molecule has 1 N–H and O–H groups in total. The van der Waals surface area contributed by atoms with E-state index in [1.807, 2.05) is 32.0 Å². The number of carbonyl (C=O) groups excluding carboxylic acids is 1. The lowest BCUT2D eigenvalue weighted by molar-refractivity contribution is -0.113. The van der Waals surface area contributed by atoms with Crippen LogP contribution in [0.2, 0.25) is 10.0 Å². The number of nitrogens with one attached hydrogen (secondary N) is 1. The highest BCUT2D eigenvalue weighted by molar-refractivity contribution is 7.99. The van der Waals surface area contributed by atoms with Crippen molar-refractivity contribution in [3.8, 4) is 5.69 Å². The van der Waals surface area contributed by atoms with Crippen LogP contribution in [-0.2, 0) is 4.79 Å². The highest BCUT2D eigenvalue weighted by Crippen LogP contribution is 2.30. The van der Waals surface area contributed by atoms with E-state index in [0.717, 1.165) is 11.3 Å². The Morgan fingerprint density at radius 2 is 1.88 bits per heavy atom. The Morgan fingerprint density at radius 1 is 1.15 bits per heavy atom. The van der Waals surface area contributed by atoms with E-state index in [1.165, 1.54) is 17.3 Å². The van der Waals surface area contributed by atoms with Crippen LogP contribution in [0.15, 0.2) is 41.6 Å². The molecule has 0 spiro atoms. The van der Waals surface area contributed by atoms with Crippen molar-refractivity contribution in [1.82, 2.24) is 20.2 Å². The molecular formula is C17H15Cl2N5OS. The molecule has 0 aliphatic rings. The Bertz CT molecular complexity index is 940. The summed E-state index contributed by atoms with van der Waals surface area (Å²) in [6.07, 6.45) is 0. The van der Waals surface area contributed by atoms with Gasteiger partial charge in [0.25, 0.3) is 0 Å². The Morgan fingerprint density at radius 3 is 2.58 bits per heavy atom. The minimum Gasteiger partial charge on any atom is -0.323 e. The van der Waals surface area contributed by atoms with Gasteiger partial charge in [-0.25, -0.2) is 0 Å². The van der Waals surface area contributed by atoms with Gasteiger partial charge >= 0.3 is 0 Å². The first-order valence-electron chi connectivity index (χ1n) is 7.68. The first-order chi connectivity index (χ1) is 12.5. The second kappa shape index (κ2) is 8.07. The van der Waals surface area contributed by atoms with Crippen LogP contribution in [0.25, 0.3) is 5.69 Å². The first-order valence-corrected chi connectivity index (χ1v) is 9.42. The summed E-state index contributed by atoms with van der Waals surface area (Å²) in [5.41, 5.74) is 3.57. The minimum absolute atomic E-state index is 0.118. The molecule has 3 aromatic rings. The van der Waals surface area contributed by atoms with Crippen LogP contribution in [0, 0.1) is 13.8 Å². The van der Waals surface area contributed by atoms with Gasteiger partial charge in [0, 0.05) is 0 Å². The Labute approximate surface area is 164 Å². The number of amides is 1. The number of anilines is 1. The second-order valence-corrected chi connectivity index (χ2v) is 7.33. The zero-order valence-electron chi connectivity index (χ0n) is 14.0. The molecule has 0 radical (unpaired) electrons. The summed E-state index contributed by atoms with van der Waals surface area (Å²) in [6.45, 7) is 4.06. The standard InChI is InChI=1S/C17H15Cl2N5OS/c1-10-6-7-12(8-11(10)2)24-17(21-22-23-24)26-9-15(25)20-16-13(18)4-3-5-14(16)19/h3-8H,9H2,1-2H3,(H,20,25). The van der Waals surface area contributed by atoms with E-state index in [2.05, 4.69) is 20.8 Å². The van der Waals surface area contributed by atoms with E-state index in [4.69, 9.17) is 23.2 Å². The zero-order chi connectivity index (χ0) is 18.7. The van der Waals surface area contributed by atoms with Crippen LogP contribution in [0.3, 0.4) is 0 Å². The SMILES string of the molecule is Cc1ccc(-n2nnnc2SCC(=O)Nc2c(Cl)cccc2Cl)cc1C. The Hall–Kier alpha value is -2.09. The third-order valence-electron chi connectivity index (χ3n) is 3.74. The molecule has 1 heterocycles. The molecule has 6 nitrogen and oxygen atoms in total. The van der Waals surface area contributed by atoms with E-state index in [0.29, 0.717) is 20.9 Å². The lowest BCUT2D eigenvalue weighted by Gasteiger charge is -2.09. The largest absolute Gasteiger partial charge is 0.323 e. The summed E-state index contributed by atoms with van der Waals surface area (Å²) >= 11 is 13.4. The molecule has 0 saturated heterocycles. The molecule has 0 unspecified atom stereocenters. The van der Waals surface area contributed by atoms with E-state index in [9.17, 15) is 4.79 Å². The van der Waals surface area contributed by atoms with E-state index >= 15 is 0 Å². The van der Waals surface area contributed by atoms with Gasteiger partial charge in [-0.1, -0.05) is 47.1 Å². The van der Waals surface area contributed by atoms with E-state index in [-0.39, 0.29) is 11.7 Å².